The number of nitrogens with one attached hydrogen (secondary N) is 1. The highest BCUT2D eigenvalue weighted by Gasteiger charge is 2.37. The van der Waals surface area contributed by atoms with Gasteiger partial charge in [-0.05, 0) is 54.7 Å². The smallest absolute Gasteiger partial charge is 0.239 e. The van der Waals surface area contributed by atoms with Crippen LogP contribution in [0.3, 0.4) is 0 Å². The van der Waals surface area contributed by atoms with E-state index in [2.05, 4.69) is 15.2 Å². The number of ether oxygens (including phenoxy) is 3. The number of aromatic nitrogens is 1. The van der Waals surface area contributed by atoms with Gasteiger partial charge in [-0.15, -0.1) is 11.3 Å². The van der Waals surface area contributed by atoms with Gasteiger partial charge < -0.3 is 24.4 Å². The number of nitrogens with zero attached hydrogens (tertiary/aromatic N) is 3. The summed E-state index contributed by atoms with van der Waals surface area (Å²) in [5, 5.41) is 6.20. The molecule has 4 aliphatic rings. The predicted octanol–water partition coefficient (Wildman–Crippen LogP) is 3.77. The normalized spacial score (nSPS) is 22.6. The highest BCUT2D eigenvalue weighted by atomic mass is 32.1. The molecule has 9 nitrogen and oxygen atoms in total. The van der Waals surface area contributed by atoms with Crippen LogP contribution in [0.2, 0.25) is 0 Å². The van der Waals surface area contributed by atoms with Crippen LogP contribution in [-0.4, -0.2) is 71.5 Å². The molecule has 2 amide bonds. The Kier molecular flexibility index (Phi) is 7.99. The van der Waals surface area contributed by atoms with Gasteiger partial charge in [0.1, 0.15) is 10.8 Å². The van der Waals surface area contributed by atoms with Crippen LogP contribution < -0.4 is 14.8 Å². The Morgan fingerprint density at radius 3 is 2.80 bits per heavy atom. The fraction of sp³-hybridized carbons (Fsp3) is 0.433. The predicted molar refractivity (Wildman–Crippen MR) is 150 cm³/mol. The number of likely N-dealkylation sites (tertiary alicyclic amines) is 1. The van der Waals surface area contributed by atoms with Crippen molar-refractivity contribution in [1.29, 1.82) is 0 Å². The lowest BCUT2D eigenvalue weighted by Crippen LogP contribution is -2.49. The number of benzene rings is 2. The van der Waals surface area contributed by atoms with Crippen molar-refractivity contribution in [3.8, 4) is 17.2 Å². The topological polar surface area (TPSA) is 93.2 Å². The van der Waals surface area contributed by atoms with Crippen molar-refractivity contribution in [2.24, 2.45) is 0 Å². The number of carbonyl (C=O) groups excluding carboxylic acids is 2. The first-order valence-corrected chi connectivity index (χ1v) is 14.7. The van der Waals surface area contributed by atoms with E-state index in [1.54, 1.807) is 23.3 Å². The Morgan fingerprint density at radius 1 is 1.10 bits per heavy atom. The molecule has 1 aliphatic carbocycles. The van der Waals surface area contributed by atoms with Gasteiger partial charge in [0.15, 0.2) is 11.5 Å². The molecule has 7 rings (SSSR count). The molecule has 0 radical (unpaired) electrons. The number of thiazole rings is 1. The number of hydrogen-bond donors (Lipinski definition) is 1. The monoisotopic (exact) mass is 562 g/mol. The van der Waals surface area contributed by atoms with Gasteiger partial charge in [-0.1, -0.05) is 18.2 Å². The molecule has 210 valence electrons. The van der Waals surface area contributed by atoms with Crippen LogP contribution in [0.4, 0.5) is 0 Å². The van der Waals surface area contributed by atoms with E-state index in [9.17, 15) is 9.59 Å². The maximum Gasteiger partial charge on any atom is 0.239 e. The molecule has 2 fully saturated rings. The highest BCUT2D eigenvalue weighted by molar-refractivity contribution is 7.09. The van der Waals surface area contributed by atoms with Crippen LogP contribution in [0.15, 0.2) is 54.0 Å². The summed E-state index contributed by atoms with van der Waals surface area (Å²) < 4.78 is 18.2. The largest absolute Gasteiger partial charge is 0.493 e. The average Bonchev–Trinajstić information content (AvgIpc) is 3.54. The van der Waals surface area contributed by atoms with Gasteiger partial charge in [0.2, 0.25) is 11.8 Å². The molecule has 4 heterocycles. The molecule has 0 unspecified atom stereocenters. The van der Waals surface area contributed by atoms with Gasteiger partial charge in [-0.3, -0.25) is 14.5 Å². The molecule has 1 N–H and O–H groups in total. The van der Waals surface area contributed by atoms with E-state index in [0.717, 1.165) is 29.0 Å². The maximum atomic E-state index is 13.3. The molecule has 40 heavy (non-hydrogen) atoms. The lowest BCUT2D eigenvalue weighted by atomic mass is 10.1. The molecule has 10 heteroatoms. The van der Waals surface area contributed by atoms with E-state index in [-0.39, 0.29) is 36.5 Å². The zero-order valence-corrected chi connectivity index (χ0v) is 23.4. The van der Waals surface area contributed by atoms with E-state index in [4.69, 9.17) is 14.2 Å². The first-order valence-electron chi connectivity index (χ1n) is 13.8. The summed E-state index contributed by atoms with van der Waals surface area (Å²) in [6.45, 7) is 2.49. The summed E-state index contributed by atoms with van der Waals surface area (Å²) in [5.74, 6) is 1.75. The van der Waals surface area contributed by atoms with Gasteiger partial charge in [0.05, 0.1) is 39.0 Å². The summed E-state index contributed by atoms with van der Waals surface area (Å²) in [5.41, 5.74) is 1.95. The van der Waals surface area contributed by atoms with Crippen LogP contribution in [0.5, 0.6) is 17.2 Å². The molecular weight excluding hydrogens is 528 g/mol. The van der Waals surface area contributed by atoms with E-state index in [0.29, 0.717) is 56.3 Å². The Bertz CT molecular complexity index is 1350. The standard InChI is InChI=1S/C30H34N4O5S/c1-37-26-14-20-5-9-25(26)39-23-4-2-3-21(13-23)19-38-27-16-33(18-29-31-11-12-40-29)15-24(27)32-28(35)17-34(22-7-8-22)30(36)10-6-20/h2-5,9,11-14,22,24,27H,6-8,10,15-19H2,1H3,(H,32,35)/t24-,27-/m0/s1. The molecule has 1 saturated heterocycles. The Labute approximate surface area is 238 Å². The zero-order chi connectivity index (χ0) is 27.5. The van der Waals surface area contributed by atoms with Crippen LogP contribution in [-0.2, 0) is 33.9 Å². The molecule has 2 atom stereocenters. The van der Waals surface area contributed by atoms with Gasteiger partial charge in [0.25, 0.3) is 0 Å². The number of amides is 2. The van der Waals surface area contributed by atoms with Crippen molar-refractivity contribution in [3.63, 3.8) is 0 Å². The number of fused-ring (bicyclic) bond motifs is 9. The van der Waals surface area contributed by atoms with E-state index >= 15 is 0 Å². The molecule has 3 aromatic rings. The Balaban J connectivity index is 1.26. The summed E-state index contributed by atoms with van der Waals surface area (Å²) in [7, 11) is 1.61. The molecule has 1 saturated carbocycles. The third-order valence-corrected chi connectivity index (χ3v) is 8.36. The lowest BCUT2D eigenvalue weighted by molar-refractivity contribution is -0.137. The quantitative estimate of drug-likeness (QED) is 0.518. The van der Waals surface area contributed by atoms with Gasteiger partial charge in [-0.25, -0.2) is 4.98 Å². The van der Waals surface area contributed by atoms with Gasteiger partial charge in [-0.2, -0.15) is 0 Å². The minimum absolute atomic E-state index is 0.00416. The summed E-state index contributed by atoms with van der Waals surface area (Å²) >= 11 is 1.62. The van der Waals surface area contributed by atoms with Crippen LogP contribution in [0.1, 0.15) is 35.4 Å². The summed E-state index contributed by atoms with van der Waals surface area (Å²) in [4.78, 5) is 35.0. The van der Waals surface area contributed by atoms with Gasteiger partial charge >= 0.3 is 0 Å². The minimum Gasteiger partial charge on any atom is -0.493 e. The number of rotatable bonds is 4. The molecule has 1 aromatic heterocycles. The second-order valence-corrected chi connectivity index (χ2v) is 11.6. The average molecular weight is 563 g/mol. The first-order chi connectivity index (χ1) is 19.5. The third kappa shape index (κ3) is 6.46. The molecule has 4 bridgehead atoms. The molecular formula is C30H34N4O5S. The van der Waals surface area contributed by atoms with Crippen molar-refractivity contribution >= 4 is 23.2 Å². The number of aryl methyl sites for hydroxylation is 1. The summed E-state index contributed by atoms with van der Waals surface area (Å²) in [6.07, 6.45) is 4.37. The summed E-state index contributed by atoms with van der Waals surface area (Å²) in [6, 6.07) is 13.5. The van der Waals surface area contributed by atoms with Gasteiger partial charge in [0, 0.05) is 37.1 Å². The Morgan fingerprint density at radius 2 is 2.00 bits per heavy atom. The van der Waals surface area contributed by atoms with Crippen LogP contribution in [0.25, 0.3) is 0 Å². The fourth-order valence-corrected chi connectivity index (χ4v) is 6.06. The minimum atomic E-state index is -0.201. The fourth-order valence-electron chi connectivity index (χ4n) is 5.40. The Hall–Kier alpha value is -3.47. The van der Waals surface area contributed by atoms with E-state index in [1.165, 1.54) is 0 Å². The SMILES string of the molecule is COc1cc2ccc1Oc1cccc(c1)CO[C@H]1CN(Cc3nccs3)C[C@@H]1NC(=O)CN(C1CC1)C(=O)CC2. The van der Waals surface area contributed by atoms with Crippen LogP contribution in [0, 0.1) is 0 Å². The molecule has 2 aromatic carbocycles. The lowest BCUT2D eigenvalue weighted by Gasteiger charge is -2.25. The first kappa shape index (κ1) is 26.7. The molecule has 0 spiro atoms. The van der Waals surface area contributed by atoms with E-state index in [1.807, 2.05) is 54.0 Å². The zero-order valence-electron chi connectivity index (χ0n) is 22.6. The van der Waals surface area contributed by atoms with Crippen molar-refractivity contribution in [2.45, 2.75) is 57.0 Å². The number of carbonyl (C=O) groups is 2. The second kappa shape index (κ2) is 12.0. The highest BCUT2D eigenvalue weighted by Crippen LogP contribution is 2.34. The van der Waals surface area contributed by atoms with Crippen molar-refractivity contribution in [3.05, 3.63) is 70.2 Å². The van der Waals surface area contributed by atoms with Crippen molar-refractivity contribution in [1.82, 2.24) is 20.1 Å². The second-order valence-electron chi connectivity index (χ2n) is 10.6. The van der Waals surface area contributed by atoms with Crippen LogP contribution >= 0.6 is 11.3 Å². The maximum absolute atomic E-state index is 13.3. The van der Waals surface area contributed by atoms with E-state index < -0.39 is 0 Å². The number of methoxy groups -OCH3 is 1. The number of hydrogen-bond acceptors (Lipinski definition) is 8. The van der Waals surface area contributed by atoms with Crippen molar-refractivity contribution in [2.75, 3.05) is 26.7 Å². The molecule has 3 aliphatic heterocycles. The third-order valence-electron chi connectivity index (χ3n) is 7.60. The van der Waals surface area contributed by atoms with Crippen molar-refractivity contribution < 1.29 is 23.8 Å².